The van der Waals surface area contributed by atoms with Crippen molar-refractivity contribution in [1.82, 2.24) is 0 Å². The lowest BCUT2D eigenvalue weighted by Crippen LogP contribution is -2.17. The topological polar surface area (TPSA) is 110 Å². The maximum atomic E-state index is 11.7. The summed E-state index contributed by atoms with van der Waals surface area (Å²) in [5.74, 6) is -2.14. The zero-order valence-electron chi connectivity index (χ0n) is 12.0. The van der Waals surface area contributed by atoms with Crippen LogP contribution in [0.2, 0.25) is 0 Å². The fourth-order valence-corrected chi connectivity index (χ4v) is 2.04. The first-order chi connectivity index (χ1) is 9.90. The molecule has 0 aliphatic carbocycles. The number of nitro benzene ring substituents is 1. The van der Waals surface area contributed by atoms with Gasteiger partial charge in [0, 0.05) is 18.6 Å². The standard InChI is InChI=1S/C14H18N2O5/c1-3-5-13(17)15-12-8-9(16(20)21)6-7-11(12)10(4-2)14(18)19/h6-8,10H,3-5H2,1-2H3,(H,15,17)(H,18,19). The average Bonchev–Trinajstić information content (AvgIpc) is 2.40. The molecule has 1 atom stereocenters. The Kier molecular flexibility index (Phi) is 5.83. The highest BCUT2D eigenvalue weighted by Crippen LogP contribution is 2.31. The van der Waals surface area contributed by atoms with E-state index in [0.717, 1.165) is 0 Å². The van der Waals surface area contributed by atoms with Gasteiger partial charge in [-0.15, -0.1) is 0 Å². The van der Waals surface area contributed by atoms with Gasteiger partial charge in [0.05, 0.1) is 16.5 Å². The number of carboxylic acid groups (broad SMARTS) is 1. The molecule has 0 spiro atoms. The van der Waals surface area contributed by atoms with E-state index in [1.54, 1.807) is 6.92 Å². The minimum atomic E-state index is -1.03. The summed E-state index contributed by atoms with van der Waals surface area (Å²) in [7, 11) is 0. The van der Waals surface area contributed by atoms with E-state index in [-0.39, 0.29) is 23.7 Å². The molecule has 1 aromatic carbocycles. The van der Waals surface area contributed by atoms with Gasteiger partial charge in [-0.3, -0.25) is 19.7 Å². The van der Waals surface area contributed by atoms with Crippen LogP contribution in [0.4, 0.5) is 11.4 Å². The third-order valence-corrected chi connectivity index (χ3v) is 3.08. The van der Waals surface area contributed by atoms with Crippen LogP contribution in [0.15, 0.2) is 18.2 Å². The molecule has 0 radical (unpaired) electrons. The van der Waals surface area contributed by atoms with Crippen LogP contribution in [0.5, 0.6) is 0 Å². The van der Waals surface area contributed by atoms with Crippen molar-refractivity contribution in [2.45, 2.75) is 39.0 Å². The Labute approximate surface area is 122 Å². The number of carbonyl (C=O) groups is 2. The number of amides is 1. The van der Waals surface area contributed by atoms with Crippen LogP contribution >= 0.6 is 0 Å². The Balaban J connectivity index is 3.25. The number of carbonyl (C=O) groups excluding carboxylic acids is 1. The number of benzene rings is 1. The minimum Gasteiger partial charge on any atom is -0.481 e. The second-order valence-electron chi connectivity index (χ2n) is 4.63. The summed E-state index contributed by atoms with van der Waals surface area (Å²) in [5, 5.41) is 22.6. The predicted octanol–water partition coefficient (Wildman–Crippen LogP) is 2.91. The van der Waals surface area contributed by atoms with E-state index in [9.17, 15) is 24.8 Å². The van der Waals surface area contributed by atoms with Crippen LogP contribution in [-0.2, 0) is 9.59 Å². The van der Waals surface area contributed by atoms with Crippen molar-refractivity contribution in [1.29, 1.82) is 0 Å². The van der Waals surface area contributed by atoms with Crippen molar-refractivity contribution in [3.63, 3.8) is 0 Å². The van der Waals surface area contributed by atoms with Gasteiger partial charge in [-0.25, -0.2) is 0 Å². The zero-order chi connectivity index (χ0) is 16.0. The van der Waals surface area contributed by atoms with Gasteiger partial charge >= 0.3 is 5.97 Å². The largest absolute Gasteiger partial charge is 0.481 e. The van der Waals surface area contributed by atoms with Crippen molar-refractivity contribution in [3.8, 4) is 0 Å². The number of aliphatic carboxylic acids is 1. The lowest BCUT2D eigenvalue weighted by molar-refractivity contribution is -0.384. The van der Waals surface area contributed by atoms with Gasteiger partial charge in [0.1, 0.15) is 0 Å². The summed E-state index contributed by atoms with van der Waals surface area (Å²) in [5.41, 5.74) is 0.378. The third kappa shape index (κ3) is 4.27. The summed E-state index contributed by atoms with van der Waals surface area (Å²) >= 11 is 0. The molecule has 0 heterocycles. The van der Waals surface area contributed by atoms with Crippen molar-refractivity contribution in [2.24, 2.45) is 0 Å². The normalized spacial score (nSPS) is 11.7. The smallest absolute Gasteiger partial charge is 0.311 e. The van der Waals surface area contributed by atoms with Crippen LogP contribution in [0.1, 0.15) is 44.6 Å². The van der Waals surface area contributed by atoms with Crippen molar-refractivity contribution in [3.05, 3.63) is 33.9 Å². The molecule has 0 bridgehead atoms. The molecule has 2 N–H and O–H groups in total. The molecule has 7 heteroatoms. The highest BCUT2D eigenvalue weighted by molar-refractivity contribution is 5.93. The number of anilines is 1. The van der Waals surface area contributed by atoms with E-state index in [2.05, 4.69) is 5.32 Å². The molecule has 0 saturated carbocycles. The Morgan fingerprint density at radius 2 is 2.05 bits per heavy atom. The maximum absolute atomic E-state index is 11.7. The Hall–Kier alpha value is -2.44. The lowest BCUT2D eigenvalue weighted by atomic mass is 9.94. The highest BCUT2D eigenvalue weighted by atomic mass is 16.6. The van der Waals surface area contributed by atoms with Crippen LogP contribution in [0, 0.1) is 10.1 Å². The SMILES string of the molecule is CCCC(=O)Nc1cc([N+](=O)[O-])ccc1C(CC)C(=O)O. The van der Waals surface area contributed by atoms with Gasteiger partial charge < -0.3 is 10.4 Å². The van der Waals surface area contributed by atoms with E-state index >= 15 is 0 Å². The van der Waals surface area contributed by atoms with E-state index in [1.807, 2.05) is 6.92 Å². The molecular formula is C14H18N2O5. The van der Waals surface area contributed by atoms with Crippen molar-refractivity contribution in [2.75, 3.05) is 5.32 Å². The van der Waals surface area contributed by atoms with Gasteiger partial charge in [0.15, 0.2) is 0 Å². The molecule has 0 aromatic heterocycles. The average molecular weight is 294 g/mol. The molecule has 0 aliphatic heterocycles. The number of carboxylic acids is 1. The molecule has 0 aliphatic rings. The second-order valence-corrected chi connectivity index (χ2v) is 4.63. The summed E-state index contributed by atoms with van der Waals surface area (Å²) in [6.07, 6.45) is 1.22. The van der Waals surface area contributed by atoms with E-state index < -0.39 is 16.8 Å². The fraction of sp³-hybridized carbons (Fsp3) is 0.429. The van der Waals surface area contributed by atoms with Crippen LogP contribution in [0.3, 0.4) is 0 Å². The number of hydrogen-bond donors (Lipinski definition) is 2. The number of rotatable bonds is 7. The van der Waals surface area contributed by atoms with Gasteiger partial charge in [-0.2, -0.15) is 0 Å². The number of non-ortho nitro benzene ring substituents is 1. The van der Waals surface area contributed by atoms with Gasteiger partial charge in [-0.05, 0) is 24.5 Å². The quantitative estimate of drug-likeness (QED) is 0.593. The zero-order valence-corrected chi connectivity index (χ0v) is 12.0. The summed E-state index contributed by atoms with van der Waals surface area (Å²) in [6.45, 7) is 3.54. The summed E-state index contributed by atoms with van der Waals surface area (Å²) < 4.78 is 0. The van der Waals surface area contributed by atoms with Crippen molar-refractivity contribution >= 4 is 23.3 Å². The van der Waals surface area contributed by atoms with Gasteiger partial charge in [-0.1, -0.05) is 13.8 Å². The molecule has 0 fully saturated rings. The van der Waals surface area contributed by atoms with Crippen LogP contribution in [-0.4, -0.2) is 21.9 Å². The molecule has 0 saturated heterocycles. The third-order valence-electron chi connectivity index (χ3n) is 3.08. The Morgan fingerprint density at radius 3 is 2.52 bits per heavy atom. The molecule has 114 valence electrons. The molecule has 1 aromatic rings. The van der Waals surface area contributed by atoms with Gasteiger partial charge in [0.25, 0.3) is 5.69 Å². The van der Waals surface area contributed by atoms with Gasteiger partial charge in [0.2, 0.25) is 5.91 Å². The first-order valence-electron chi connectivity index (χ1n) is 6.71. The number of nitrogens with zero attached hydrogens (tertiary/aromatic N) is 1. The summed E-state index contributed by atoms with van der Waals surface area (Å²) in [4.78, 5) is 33.2. The van der Waals surface area contributed by atoms with E-state index in [1.165, 1.54) is 18.2 Å². The fourth-order valence-electron chi connectivity index (χ4n) is 2.04. The minimum absolute atomic E-state index is 0.189. The van der Waals surface area contributed by atoms with Crippen LogP contribution < -0.4 is 5.32 Å². The van der Waals surface area contributed by atoms with Crippen LogP contribution in [0.25, 0.3) is 0 Å². The molecule has 7 nitrogen and oxygen atoms in total. The first-order valence-corrected chi connectivity index (χ1v) is 6.71. The first kappa shape index (κ1) is 16.6. The van der Waals surface area contributed by atoms with E-state index in [0.29, 0.717) is 18.4 Å². The summed E-state index contributed by atoms with van der Waals surface area (Å²) in [6, 6.07) is 3.84. The Bertz CT molecular complexity index is 556. The highest BCUT2D eigenvalue weighted by Gasteiger charge is 2.23. The monoisotopic (exact) mass is 294 g/mol. The number of nitrogens with one attached hydrogen (secondary N) is 1. The molecule has 1 unspecified atom stereocenters. The molecular weight excluding hydrogens is 276 g/mol. The second kappa shape index (κ2) is 7.37. The number of hydrogen-bond acceptors (Lipinski definition) is 4. The predicted molar refractivity (Wildman–Crippen MR) is 77.3 cm³/mol. The Morgan fingerprint density at radius 1 is 1.38 bits per heavy atom. The molecule has 1 amide bonds. The number of nitro groups is 1. The molecule has 21 heavy (non-hydrogen) atoms. The maximum Gasteiger partial charge on any atom is 0.311 e. The molecule has 1 rings (SSSR count). The lowest BCUT2D eigenvalue weighted by Gasteiger charge is -2.16. The van der Waals surface area contributed by atoms with E-state index in [4.69, 9.17) is 0 Å². The van der Waals surface area contributed by atoms with Crippen molar-refractivity contribution < 1.29 is 19.6 Å².